The first-order chi connectivity index (χ1) is 12.4. The third-order valence-corrected chi connectivity index (χ3v) is 3.17. The lowest BCUT2D eigenvalue weighted by atomic mass is 10.3. The van der Waals surface area contributed by atoms with Gasteiger partial charge in [0.15, 0.2) is 6.61 Å². The van der Waals surface area contributed by atoms with E-state index in [9.17, 15) is 14.4 Å². The summed E-state index contributed by atoms with van der Waals surface area (Å²) in [6, 6.07) is 14.2. The number of primary amides is 1. The number of hydrogen-bond acceptors (Lipinski definition) is 5. The van der Waals surface area contributed by atoms with E-state index in [1.54, 1.807) is 24.3 Å². The third-order valence-electron chi connectivity index (χ3n) is 3.17. The highest BCUT2D eigenvalue weighted by atomic mass is 16.5. The number of nitrogens with two attached hydrogens (primary N) is 1. The fourth-order valence-electron chi connectivity index (χ4n) is 1.96. The van der Waals surface area contributed by atoms with E-state index in [0.717, 1.165) is 0 Å². The van der Waals surface area contributed by atoms with Gasteiger partial charge in [0.25, 0.3) is 5.91 Å². The van der Waals surface area contributed by atoms with Crippen molar-refractivity contribution < 1.29 is 23.9 Å². The fraction of sp³-hybridized carbons (Fsp3) is 0.167. The zero-order valence-electron chi connectivity index (χ0n) is 14.1. The van der Waals surface area contributed by atoms with Gasteiger partial charge in [0.1, 0.15) is 17.5 Å². The number of ether oxygens (including phenoxy) is 2. The van der Waals surface area contributed by atoms with Crippen molar-refractivity contribution in [3.63, 3.8) is 0 Å². The molecule has 0 fully saturated rings. The van der Waals surface area contributed by atoms with Crippen LogP contribution in [0.1, 0.15) is 6.92 Å². The lowest BCUT2D eigenvalue weighted by Gasteiger charge is -2.12. The number of esters is 1. The highest BCUT2D eigenvalue weighted by Gasteiger charge is 2.17. The number of amides is 3. The molecule has 136 valence electrons. The van der Waals surface area contributed by atoms with Gasteiger partial charge in [-0.3, -0.25) is 4.79 Å². The van der Waals surface area contributed by atoms with Crippen LogP contribution in [-0.4, -0.2) is 30.6 Å². The summed E-state index contributed by atoms with van der Waals surface area (Å²) < 4.78 is 10.4. The first-order valence-corrected chi connectivity index (χ1v) is 7.79. The number of rotatable bonds is 7. The Hall–Kier alpha value is -3.55. The summed E-state index contributed by atoms with van der Waals surface area (Å²) in [6.45, 7) is 0.919. The van der Waals surface area contributed by atoms with E-state index in [-0.39, 0.29) is 0 Å². The quantitative estimate of drug-likeness (QED) is 0.655. The van der Waals surface area contributed by atoms with E-state index in [1.165, 1.54) is 6.92 Å². The largest absolute Gasteiger partial charge is 0.457 e. The van der Waals surface area contributed by atoms with Crippen LogP contribution in [0.15, 0.2) is 54.6 Å². The van der Waals surface area contributed by atoms with E-state index in [1.807, 2.05) is 30.3 Å². The zero-order valence-corrected chi connectivity index (χ0v) is 14.1. The molecule has 2 aromatic carbocycles. The number of anilines is 1. The Labute approximate surface area is 150 Å². The number of hydrogen-bond donors (Lipinski definition) is 3. The van der Waals surface area contributed by atoms with Gasteiger partial charge >= 0.3 is 12.0 Å². The summed E-state index contributed by atoms with van der Waals surface area (Å²) >= 11 is 0. The highest BCUT2D eigenvalue weighted by molar-refractivity contribution is 5.93. The average molecular weight is 357 g/mol. The summed E-state index contributed by atoms with van der Waals surface area (Å²) in [4.78, 5) is 34.0. The van der Waals surface area contributed by atoms with Crippen LogP contribution in [0.2, 0.25) is 0 Å². The van der Waals surface area contributed by atoms with Gasteiger partial charge in [-0.15, -0.1) is 0 Å². The normalized spacial score (nSPS) is 11.1. The molecule has 0 aliphatic heterocycles. The van der Waals surface area contributed by atoms with Gasteiger partial charge in [-0.25, -0.2) is 9.59 Å². The Balaban J connectivity index is 1.80. The first kappa shape index (κ1) is 18.8. The number of benzene rings is 2. The molecule has 26 heavy (non-hydrogen) atoms. The number of nitrogens with one attached hydrogen (secondary N) is 2. The van der Waals surface area contributed by atoms with Crippen LogP contribution in [0.4, 0.5) is 10.5 Å². The van der Waals surface area contributed by atoms with Crippen molar-refractivity contribution in [2.24, 2.45) is 5.73 Å². The van der Waals surface area contributed by atoms with E-state index in [0.29, 0.717) is 17.2 Å². The lowest BCUT2D eigenvalue weighted by Crippen LogP contribution is -2.43. The molecule has 2 aromatic rings. The molecule has 0 radical (unpaired) electrons. The maximum Gasteiger partial charge on any atom is 0.328 e. The van der Waals surface area contributed by atoms with Gasteiger partial charge < -0.3 is 25.8 Å². The average Bonchev–Trinajstić information content (AvgIpc) is 2.61. The van der Waals surface area contributed by atoms with Crippen LogP contribution in [-0.2, 0) is 14.3 Å². The minimum atomic E-state index is -0.935. The van der Waals surface area contributed by atoms with E-state index < -0.39 is 30.6 Å². The molecule has 0 aliphatic rings. The predicted molar refractivity (Wildman–Crippen MR) is 94.7 cm³/mol. The molecule has 0 saturated heterocycles. The maximum atomic E-state index is 11.8. The Morgan fingerprint density at radius 2 is 1.62 bits per heavy atom. The van der Waals surface area contributed by atoms with Gasteiger partial charge in [0, 0.05) is 5.69 Å². The lowest BCUT2D eigenvalue weighted by molar-refractivity contribution is -0.148. The van der Waals surface area contributed by atoms with E-state index in [2.05, 4.69) is 10.6 Å². The maximum absolute atomic E-state index is 11.8. The fourth-order valence-corrected chi connectivity index (χ4v) is 1.96. The van der Waals surface area contributed by atoms with Crippen LogP contribution in [0, 0.1) is 0 Å². The van der Waals surface area contributed by atoms with Gasteiger partial charge in [0.05, 0.1) is 0 Å². The number of carbonyl (C=O) groups is 3. The smallest absolute Gasteiger partial charge is 0.328 e. The van der Waals surface area contributed by atoms with Crippen molar-refractivity contribution >= 4 is 23.6 Å². The molecule has 0 spiro atoms. The van der Waals surface area contributed by atoms with Crippen LogP contribution in [0.5, 0.6) is 11.5 Å². The van der Waals surface area contributed by atoms with Crippen molar-refractivity contribution in [1.82, 2.24) is 5.32 Å². The summed E-state index contributed by atoms with van der Waals surface area (Å²) in [5.41, 5.74) is 5.43. The van der Waals surface area contributed by atoms with Crippen molar-refractivity contribution in [2.75, 3.05) is 11.9 Å². The van der Waals surface area contributed by atoms with Gasteiger partial charge in [-0.1, -0.05) is 18.2 Å². The predicted octanol–water partition coefficient (Wildman–Crippen LogP) is 2.02. The molecule has 4 N–H and O–H groups in total. The van der Waals surface area contributed by atoms with Crippen LogP contribution in [0.3, 0.4) is 0 Å². The van der Waals surface area contributed by atoms with Crippen LogP contribution < -0.4 is 21.1 Å². The van der Waals surface area contributed by atoms with E-state index >= 15 is 0 Å². The summed E-state index contributed by atoms with van der Waals surface area (Å²) in [5, 5.41) is 4.75. The standard InChI is InChI=1S/C18H19N3O5/c1-12(20-18(19)24)17(23)25-11-16(22)21-13-7-9-15(10-8-13)26-14-5-3-2-4-6-14/h2-10,12H,11H2,1H3,(H,21,22)(H3,19,20,24). The minimum absolute atomic E-state index is 0.480. The molecule has 0 bridgehead atoms. The molecule has 8 nitrogen and oxygen atoms in total. The second-order valence-electron chi connectivity index (χ2n) is 5.33. The minimum Gasteiger partial charge on any atom is -0.457 e. The van der Waals surface area contributed by atoms with Gasteiger partial charge in [0.2, 0.25) is 0 Å². The van der Waals surface area contributed by atoms with Gasteiger partial charge in [-0.2, -0.15) is 0 Å². The Bertz CT molecular complexity index is 762. The Kier molecular flexibility index (Phi) is 6.55. The molecule has 1 atom stereocenters. The van der Waals surface area contributed by atoms with E-state index in [4.69, 9.17) is 15.2 Å². The monoisotopic (exact) mass is 357 g/mol. The number of para-hydroxylation sites is 1. The molecular formula is C18H19N3O5. The summed E-state index contributed by atoms with van der Waals surface area (Å²) in [7, 11) is 0. The zero-order chi connectivity index (χ0) is 18.9. The highest BCUT2D eigenvalue weighted by Crippen LogP contribution is 2.22. The first-order valence-electron chi connectivity index (χ1n) is 7.79. The molecule has 2 rings (SSSR count). The molecule has 3 amide bonds. The molecule has 0 saturated carbocycles. The van der Waals surface area contributed by atoms with Crippen molar-refractivity contribution in [1.29, 1.82) is 0 Å². The SMILES string of the molecule is CC(NC(N)=O)C(=O)OCC(=O)Nc1ccc(Oc2ccccc2)cc1. The summed E-state index contributed by atoms with van der Waals surface area (Å²) in [5.74, 6) is 0.0498. The second kappa shape index (κ2) is 9.07. The van der Waals surface area contributed by atoms with Crippen molar-refractivity contribution in [2.45, 2.75) is 13.0 Å². The second-order valence-corrected chi connectivity index (χ2v) is 5.33. The van der Waals surface area contributed by atoms with Crippen LogP contribution >= 0.6 is 0 Å². The molecule has 8 heteroatoms. The molecule has 0 heterocycles. The molecule has 0 aliphatic carbocycles. The summed E-state index contributed by atoms with van der Waals surface area (Å²) in [6.07, 6.45) is 0. The Morgan fingerprint density at radius 1 is 1.00 bits per heavy atom. The third kappa shape index (κ3) is 6.16. The number of urea groups is 1. The molecule has 0 aromatic heterocycles. The van der Waals surface area contributed by atoms with Gasteiger partial charge in [-0.05, 0) is 43.3 Å². The number of carbonyl (C=O) groups excluding carboxylic acids is 3. The van der Waals surface area contributed by atoms with Crippen molar-refractivity contribution in [3.8, 4) is 11.5 Å². The molecular weight excluding hydrogens is 338 g/mol. The van der Waals surface area contributed by atoms with Crippen molar-refractivity contribution in [3.05, 3.63) is 54.6 Å². The molecule has 1 unspecified atom stereocenters. The van der Waals surface area contributed by atoms with Crippen LogP contribution in [0.25, 0.3) is 0 Å². The topological polar surface area (TPSA) is 120 Å². The Morgan fingerprint density at radius 3 is 2.23 bits per heavy atom.